The van der Waals surface area contributed by atoms with Crippen molar-refractivity contribution in [3.63, 3.8) is 0 Å². The molecule has 0 bridgehead atoms. The number of hydrogen-bond acceptors (Lipinski definition) is 5. The molecule has 0 saturated carbocycles. The first kappa shape index (κ1) is 14.7. The number of hydrogen-bond donors (Lipinski definition) is 2. The molecule has 2 atom stereocenters. The van der Waals surface area contributed by atoms with Crippen LogP contribution in [0, 0.1) is 0 Å². The van der Waals surface area contributed by atoms with Crippen molar-refractivity contribution < 1.29 is 14.4 Å². The zero-order valence-corrected chi connectivity index (χ0v) is 12.4. The molecule has 6 nitrogen and oxygen atoms in total. The highest BCUT2D eigenvalue weighted by Crippen LogP contribution is 2.19. The Kier molecular flexibility index (Phi) is 4.22. The van der Waals surface area contributed by atoms with Crippen LogP contribution in [-0.2, 0) is 0 Å². The van der Waals surface area contributed by atoms with Crippen molar-refractivity contribution in [2.75, 3.05) is 20.2 Å². The molecule has 1 aromatic heterocycles. The van der Waals surface area contributed by atoms with E-state index in [0.717, 1.165) is 18.5 Å². The third-order valence-electron chi connectivity index (χ3n) is 4.04. The molecule has 0 aliphatic carbocycles. The largest absolute Gasteiger partial charge is 0.395 e. The van der Waals surface area contributed by atoms with Gasteiger partial charge in [-0.15, -0.1) is 0 Å². The van der Waals surface area contributed by atoms with E-state index in [0.29, 0.717) is 5.69 Å². The average molecular weight is 301 g/mol. The fourth-order valence-corrected chi connectivity index (χ4v) is 2.78. The number of rotatable bonds is 4. The van der Waals surface area contributed by atoms with Crippen LogP contribution in [0.3, 0.4) is 0 Å². The van der Waals surface area contributed by atoms with Crippen LogP contribution in [0.15, 0.2) is 40.9 Å². The molecule has 0 spiro atoms. The minimum atomic E-state index is -0.272. The Morgan fingerprint density at radius 3 is 2.91 bits per heavy atom. The topological polar surface area (TPSA) is 78.6 Å². The van der Waals surface area contributed by atoms with E-state index in [1.54, 1.807) is 6.07 Å². The summed E-state index contributed by atoms with van der Waals surface area (Å²) in [4.78, 5) is 14.3. The fraction of sp³-hybridized carbons (Fsp3) is 0.375. The Bertz CT molecular complexity index is 641. The Morgan fingerprint density at radius 2 is 2.23 bits per heavy atom. The predicted octanol–water partition coefficient (Wildman–Crippen LogP) is 1.14. The third-order valence-corrected chi connectivity index (χ3v) is 4.04. The molecule has 22 heavy (non-hydrogen) atoms. The standard InChI is InChI=1S/C16H19N3O3/c1-19-9-12(7-13(19)10-20)17-16(21)15-8-14(18-22-15)11-5-3-2-4-6-11/h2-6,8,12-13,20H,7,9-10H2,1H3,(H,17,21)/t12-,13+/m1/s1. The maximum atomic E-state index is 12.2. The molecule has 3 rings (SSSR count). The van der Waals surface area contributed by atoms with Crippen molar-refractivity contribution in [3.05, 3.63) is 42.2 Å². The van der Waals surface area contributed by atoms with Crippen molar-refractivity contribution in [2.45, 2.75) is 18.5 Å². The SMILES string of the molecule is CN1C[C@H](NC(=O)c2cc(-c3ccccc3)no2)C[C@H]1CO. The smallest absolute Gasteiger partial charge is 0.290 e. The van der Waals surface area contributed by atoms with E-state index in [1.165, 1.54) is 0 Å². The van der Waals surface area contributed by atoms with Gasteiger partial charge < -0.3 is 14.9 Å². The summed E-state index contributed by atoms with van der Waals surface area (Å²) in [6, 6.07) is 11.3. The van der Waals surface area contributed by atoms with Gasteiger partial charge in [0.2, 0.25) is 5.76 Å². The molecule has 1 aromatic carbocycles. The van der Waals surface area contributed by atoms with Crippen molar-refractivity contribution in [2.24, 2.45) is 0 Å². The molecule has 1 saturated heterocycles. The highest BCUT2D eigenvalue weighted by molar-refractivity contribution is 5.92. The van der Waals surface area contributed by atoms with Crippen LogP contribution < -0.4 is 5.32 Å². The summed E-state index contributed by atoms with van der Waals surface area (Å²) in [5, 5.41) is 16.1. The molecular formula is C16H19N3O3. The van der Waals surface area contributed by atoms with Gasteiger partial charge in [0.25, 0.3) is 5.91 Å². The zero-order chi connectivity index (χ0) is 15.5. The fourth-order valence-electron chi connectivity index (χ4n) is 2.78. The lowest BCUT2D eigenvalue weighted by Crippen LogP contribution is -2.36. The van der Waals surface area contributed by atoms with E-state index < -0.39 is 0 Å². The van der Waals surface area contributed by atoms with E-state index in [1.807, 2.05) is 42.3 Å². The van der Waals surface area contributed by atoms with Gasteiger partial charge in [-0.3, -0.25) is 9.69 Å². The van der Waals surface area contributed by atoms with Gasteiger partial charge in [-0.2, -0.15) is 0 Å². The number of carbonyl (C=O) groups is 1. The first-order valence-electron chi connectivity index (χ1n) is 7.31. The normalized spacial score (nSPS) is 21.9. The van der Waals surface area contributed by atoms with Crippen LogP contribution in [0.4, 0.5) is 0 Å². The number of nitrogens with one attached hydrogen (secondary N) is 1. The van der Waals surface area contributed by atoms with Crippen molar-refractivity contribution in [1.82, 2.24) is 15.4 Å². The molecule has 2 N–H and O–H groups in total. The number of aromatic nitrogens is 1. The van der Waals surface area contributed by atoms with Crippen LogP contribution in [0.25, 0.3) is 11.3 Å². The molecule has 0 unspecified atom stereocenters. The van der Waals surface area contributed by atoms with E-state index in [-0.39, 0.29) is 30.4 Å². The second kappa shape index (κ2) is 6.29. The minimum Gasteiger partial charge on any atom is -0.395 e. The minimum absolute atomic E-state index is 0.0138. The lowest BCUT2D eigenvalue weighted by atomic mass is 10.1. The lowest BCUT2D eigenvalue weighted by molar-refractivity contribution is 0.0901. The highest BCUT2D eigenvalue weighted by atomic mass is 16.5. The molecular weight excluding hydrogens is 282 g/mol. The zero-order valence-electron chi connectivity index (χ0n) is 12.4. The summed E-state index contributed by atoms with van der Waals surface area (Å²) >= 11 is 0. The summed E-state index contributed by atoms with van der Waals surface area (Å²) in [5.41, 5.74) is 1.55. The van der Waals surface area contributed by atoms with E-state index in [2.05, 4.69) is 10.5 Å². The molecule has 1 aliphatic rings. The molecule has 6 heteroatoms. The number of aliphatic hydroxyl groups is 1. The molecule has 116 valence electrons. The maximum Gasteiger partial charge on any atom is 0.290 e. The molecule has 0 radical (unpaired) electrons. The van der Waals surface area contributed by atoms with Gasteiger partial charge in [-0.25, -0.2) is 0 Å². The Morgan fingerprint density at radius 1 is 1.45 bits per heavy atom. The number of nitrogens with zero attached hydrogens (tertiary/aromatic N) is 2. The molecule has 1 fully saturated rings. The van der Waals surface area contributed by atoms with Gasteiger partial charge in [0.15, 0.2) is 0 Å². The van der Waals surface area contributed by atoms with Gasteiger partial charge in [-0.05, 0) is 13.5 Å². The number of amides is 1. The van der Waals surface area contributed by atoms with Crippen LogP contribution in [0.1, 0.15) is 17.0 Å². The number of carbonyl (C=O) groups excluding carboxylic acids is 1. The van der Waals surface area contributed by atoms with Gasteiger partial charge in [0.05, 0.1) is 6.61 Å². The summed E-state index contributed by atoms with van der Waals surface area (Å²) in [5.74, 6) is -0.0689. The number of benzene rings is 1. The van der Waals surface area contributed by atoms with Crippen LogP contribution in [0.5, 0.6) is 0 Å². The van der Waals surface area contributed by atoms with Crippen LogP contribution in [-0.4, -0.2) is 53.4 Å². The van der Waals surface area contributed by atoms with E-state index >= 15 is 0 Å². The second-order valence-corrected chi connectivity index (χ2v) is 5.62. The first-order valence-corrected chi connectivity index (χ1v) is 7.31. The van der Waals surface area contributed by atoms with Crippen LogP contribution in [0.2, 0.25) is 0 Å². The summed E-state index contributed by atoms with van der Waals surface area (Å²) < 4.78 is 5.15. The maximum absolute atomic E-state index is 12.2. The third kappa shape index (κ3) is 3.03. The van der Waals surface area contributed by atoms with Crippen molar-refractivity contribution in [3.8, 4) is 11.3 Å². The predicted molar refractivity (Wildman–Crippen MR) is 81.3 cm³/mol. The monoisotopic (exact) mass is 301 g/mol. The Labute approximate surface area is 128 Å². The summed E-state index contributed by atoms with van der Waals surface area (Å²) in [6.07, 6.45) is 0.735. The molecule has 2 heterocycles. The first-order chi connectivity index (χ1) is 10.7. The molecule has 1 amide bonds. The van der Waals surface area contributed by atoms with Crippen molar-refractivity contribution >= 4 is 5.91 Å². The Hall–Kier alpha value is -2.18. The summed E-state index contributed by atoms with van der Waals surface area (Å²) in [6.45, 7) is 0.819. The molecule has 2 aromatic rings. The van der Waals surface area contributed by atoms with E-state index in [4.69, 9.17) is 4.52 Å². The quantitative estimate of drug-likeness (QED) is 0.885. The second-order valence-electron chi connectivity index (χ2n) is 5.62. The number of likely N-dealkylation sites (N-methyl/N-ethyl adjacent to an activating group) is 1. The lowest BCUT2D eigenvalue weighted by Gasteiger charge is -2.14. The average Bonchev–Trinajstić information content (AvgIpc) is 3.15. The Balaban J connectivity index is 1.65. The van der Waals surface area contributed by atoms with Crippen molar-refractivity contribution in [1.29, 1.82) is 0 Å². The van der Waals surface area contributed by atoms with Gasteiger partial charge in [0.1, 0.15) is 5.69 Å². The highest BCUT2D eigenvalue weighted by Gasteiger charge is 2.30. The van der Waals surface area contributed by atoms with Gasteiger partial charge in [-0.1, -0.05) is 35.5 Å². The summed E-state index contributed by atoms with van der Waals surface area (Å²) in [7, 11) is 1.94. The number of likely N-dealkylation sites (tertiary alicyclic amines) is 1. The van der Waals surface area contributed by atoms with Gasteiger partial charge >= 0.3 is 0 Å². The van der Waals surface area contributed by atoms with Crippen LogP contribution >= 0.6 is 0 Å². The van der Waals surface area contributed by atoms with Gasteiger partial charge in [0, 0.05) is 30.3 Å². The molecule has 1 aliphatic heterocycles. The number of aliphatic hydroxyl groups excluding tert-OH is 1. The van der Waals surface area contributed by atoms with E-state index in [9.17, 15) is 9.90 Å².